The van der Waals surface area contributed by atoms with E-state index in [0.29, 0.717) is 45.6 Å². The Morgan fingerprint density at radius 2 is 1.84 bits per heavy atom. The highest BCUT2D eigenvalue weighted by Gasteiger charge is 2.22. The van der Waals surface area contributed by atoms with Crippen molar-refractivity contribution in [2.45, 2.75) is 39.7 Å². The summed E-state index contributed by atoms with van der Waals surface area (Å²) in [6.07, 6.45) is 2.26. The number of aromatic nitrogens is 2. The topological polar surface area (TPSA) is 118 Å². The molecule has 3 rings (SSSR count). The minimum Gasteiger partial charge on any atom is -0.341 e. The summed E-state index contributed by atoms with van der Waals surface area (Å²) in [6.45, 7) is 6.68. The molecule has 0 unspecified atom stereocenters. The highest BCUT2D eigenvalue weighted by molar-refractivity contribution is 5.94. The van der Waals surface area contributed by atoms with Crippen molar-refractivity contribution in [3.8, 4) is 0 Å². The van der Waals surface area contributed by atoms with E-state index in [0.717, 1.165) is 11.3 Å². The van der Waals surface area contributed by atoms with Crippen LogP contribution in [0.4, 0.5) is 5.69 Å². The maximum atomic E-state index is 13.0. The first kappa shape index (κ1) is 23.5. The fraction of sp³-hybridized carbons (Fsp3) is 0.478. The van der Waals surface area contributed by atoms with Gasteiger partial charge < -0.3 is 20.1 Å². The van der Waals surface area contributed by atoms with Gasteiger partial charge in [0, 0.05) is 56.6 Å². The molecule has 0 saturated heterocycles. The maximum absolute atomic E-state index is 13.0. The van der Waals surface area contributed by atoms with Crippen LogP contribution in [0.5, 0.6) is 0 Å². The lowest BCUT2D eigenvalue weighted by molar-refractivity contribution is -0.130. The molecule has 1 aromatic heterocycles. The van der Waals surface area contributed by atoms with Gasteiger partial charge in [0.25, 0.3) is 5.56 Å². The number of fused-ring (bicyclic) bond motifs is 1. The molecule has 0 fully saturated rings. The second-order valence-electron chi connectivity index (χ2n) is 8.46. The molecular weight excluding hydrogens is 410 g/mol. The smallest absolute Gasteiger partial charge is 0.325 e. The lowest BCUT2D eigenvalue weighted by atomic mass is 10.1. The molecule has 0 radical (unpaired) electrons. The zero-order chi connectivity index (χ0) is 23.1. The van der Waals surface area contributed by atoms with E-state index in [9.17, 15) is 19.2 Å². The Kier molecular flexibility index (Phi) is 7.99. The number of hydrogen-bond acceptors (Lipinski definition) is 5. The van der Waals surface area contributed by atoms with Crippen LogP contribution in [-0.4, -0.2) is 52.9 Å². The van der Waals surface area contributed by atoms with Crippen LogP contribution in [0.25, 0.3) is 0 Å². The average Bonchev–Trinajstić information content (AvgIpc) is 2.78. The number of hydrogen-bond donors (Lipinski definition) is 3. The molecule has 2 heterocycles. The van der Waals surface area contributed by atoms with E-state index >= 15 is 0 Å². The molecule has 9 nitrogen and oxygen atoms in total. The van der Waals surface area contributed by atoms with Gasteiger partial charge in [-0.1, -0.05) is 32.0 Å². The second-order valence-corrected chi connectivity index (χ2v) is 8.46. The second kappa shape index (κ2) is 10.9. The number of para-hydroxylation sites is 1. The van der Waals surface area contributed by atoms with Gasteiger partial charge in [0.2, 0.25) is 11.8 Å². The maximum Gasteiger partial charge on any atom is 0.325 e. The average molecular weight is 442 g/mol. The highest BCUT2D eigenvalue weighted by atomic mass is 16.2. The molecule has 1 aromatic carbocycles. The molecular formula is C23H31N5O4. The number of benzene rings is 1. The standard InChI is InChI=1S/C23H31N5O4/c1-16(2)12-21(30)28-10-5-9-27(11-8-24-14-17-6-3-4-7-19(17)28)20(29)13-18-15-25-23(32)26-22(18)31/h3-4,6-7,15-16,24H,5,8-14H2,1-2H3,(H2,25,26,31,32). The van der Waals surface area contributed by atoms with Gasteiger partial charge in [0.1, 0.15) is 0 Å². The quantitative estimate of drug-likeness (QED) is 0.654. The third-order valence-corrected chi connectivity index (χ3v) is 5.44. The third-order valence-electron chi connectivity index (χ3n) is 5.44. The lowest BCUT2D eigenvalue weighted by Gasteiger charge is -2.27. The van der Waals surface area contributed by atoms with Gasteiger partial charge in [-0.15, -0.1) is 0 Å². The lowest BCUT2D eigenvalue weighted by Crippen LogP contribution is -2.40. The minimum atomic E-state index is -0.601. The first-order chi connectivity index (χ1) is 15.3. The largest absolute Gasteiger partial charge is 0.341 e. The molecule has 2 aromatic rings. The molecule has 0 spiro atoms. The monoisotopic (exact) mass is 441 g/mol. The summed E-state index contributed by atoms with van der Waals surface area (Å²) in [5, 5.41) is 3.36. The number of carbonyl (C=O) groups excluding carboxylic acids is 2. The molecule has 0 saturated carbocycles. The van der Waals surface area contributed by atoms with Crippen LogP contribution in [0.3, 0.4) is 0 Å². The number of anilines is 1. The van der Waals surface area contributed by atoms with E-state index in [1.54, 1.807) is 4.90 Å². The summed E-state index contributed by atoms with van der Waals surface area (Å²) in [5.41, 5.74) is 1.02. The van der Waals surface area contributed by atoms with Crippen molar-refractivity contribution in [2.75, 3.05) is 31.1 Å². The Labute approximate surface area is 186 Å². The van der Waals surface area contributed by atoms with Gasteiger partial charge in [0.05, 0.1) is 6.42 Å². The van der Waals surface area contributed by atoms with Crippen molar-refractivity contribution in [1.82, 2.24) is 20.2 Å². The first-order valence-corrected chi connectivity index (χ1v) is 11.0. The van der Waals surface area contributed by atoms with Crippen molar-refractivity contribution in [1.29, 1.82) is 0 Å². The summed E-state index contributed by atoms with van der Waals surface area (Å²) >= 11 is 0. The van der Waals surface area contributed by atoms with Crippen LogP contribution >= 0.6 is 0 Å². The molecule has 1 aliphatic rings. The zero-order valence-electron chi connectivity index (χ0n) is 18.6. The van der Waals surface area contributed by atoms with Crippen LogP contribution in [-0.2, 0) is 22.6 Å². The molecule has 0 bridgehead atoms. The molecule has 9 heteroatoms. The van der Waals surface area contributed by atoms with Gasteiger partial charge in [-0.05, 0) is 24.0 Å². The highest BCUT2D eigenvalue weighted by Crippen LogP contribution is 2.23. The van der Waals surface area contributed by atoms with Crippen molar-refractivity contribution in [3.63, 3.8) is 0 Å². The number of rotatable bonds is 4. The van der Waals surface area contributed by atoms with Crippen LogP contribution in [0.2, 0.25) is 0 Å². The van der Waals surface area contributed by atoms with Crippen LogP contribution in [0.15, 0.2) is 40.1 Å². The zero-order valence-corrected chi connectivity index (χ0v) is 18.6. The minimum absolute atomic E-state index is 0.0735. The predicted octanol–water partition coefficient (Wildman–Crippen LogP) is 1.01. The summed E-state index contributed by atoms with van der Waals surface area (Å²) in [6, 6.07) is 7.88. The fourth-order valence-electron chi connectivity index (χ4n) is 3.82. The van der Waals surface area contributed by atoms with Crippen molar-refractivity contribution in [3.05, 3.63) is 62.4 Å². The number of amides is 2. The van der Waals surface area contributed by atoms with E-state index in [1.807, 2.05) is 43.0 Å². The van der Waals surface area contributed by atoms with Crippen molar-refractivity contribution < 1.29 is 9.59 Å². The van der Waals surface area contributed by atoms with Gasteiger partial charge in [-0.3, -0.25) is 19.4 Å². The summed E-state index contributed by atoms with van der Waals surface area (Å²) in [4.78, 5) is 57.2. The molecule has 1 aliphatic heterocycles. The van der Waals surface area contributed by atoms with Gasteiger partial charge >= 0.3 is 5.69 Å². The number of carbonyl (C=O) groups is 2. The van der Waals surface area contributed by atoms with Crippen LogP contribution in [0.1, 0.15) is 37.8 Å². The van der Waals surface area contributed by atoms with E-state index in [2.05, 4.69) is 15.3 Å². The molecule has 0 atom stereocenters. The van der Waals surface area contributed by atoms with Gasteiger partial charge in [-0.2, -0.15) is 0 Å². The Morgan fingerprint density at radius 3 is 2.59 bits per heavy atom. The van der Waals surface area contributed by atoms with Crippen molar-refractivity contribution in [2.24, 2.45) is 5.92 Å². The van der Waals surface area contributed by atoms with E-state index in [-0.39, 0.29) is 29.7 Å². The van der Waals surface area contributed by atoms with Crippen LogP contribution in [0, 0.1) is 5.92 Å². The molecule has 172 valence electrons. The fourth-order valence-corrected chi connectivity index (χ4v) is 3.82. The van der Waals surface area contributed by atoms with E-state index < -0.39 is 11.2 Å². The van der Waals surface area contributed by atoms with Crippen molar-refractivity contribution >= 4 is 17.5 Å². The Balaban J connectivity index is 1.76. The number of aromatic amines is 2. The van der Waals surface area contributed by atoms with Gasteiger partial charge in [-0.25, -0.2) is 4.79 Å². The molecule has 3 N–H and O–H groups in total. The predicted molar refractivity (Wildman–Crippen MR) is 123 cm³/mol. The molecule has 2 amide bonds. The number of nitrogens with one attached hydrogen (secondary N) is 3. The number of H-pyrrole nitrogens is 2. The van der Waals surface area contributed by atoms with E-state index in [1.165, 1.54) is 6.20 Å². The Hall–Kier alpha value is -3.20. The SMILES string of the molecule is CC(C)CC(=O)N1CCCN(C(=O)Cc2c[nH]c(=O)[nH]c2=O)CCNCc2ccccc21. The third kappa shape index (κ3) is 6.16. The molecule has 32 heavy (non-hydrogen) atoms. The first-order valence-electron chi connectivity index (χ1n) is 11.0. The summed E-state index contributed by atoms with van der Waals surface area (Å²) < 4.78 is 0. The Morgan fingerprint density at radius 1 is 1.06 bits per heavy atom. The number of nitrogens with zero attached hydrogens (tertiary/aromatic N) is 2. The van der Waals surface area contributed by atoms with Crippen LogP contribution < -0.4 is 21.5 Å². The van der Waals surface area contributed by atoms with Gasteiger partial charge in [0.15, 0.2) is 0 Å². The van der Waals surface area contributed by atoms with E-state index in [4.69, 9.17) is 0 Å². The summed E-state index contributed by atoms with van der Waals surface area (Å²) in [5.74, 6) is 0.130. The Bertz CT molecular complexity index is 1060. The normalized spacial score (nSPS) is 15.2. The molecule has 0 aliphatic carbocycles. The summed E-state index contributed by atoms with van der Waals surface area (Å²) in [7, 11) is 0.